The number of rotatable bonds is 11. The van der Waals surface area contributed by atoms with E-state index in [2.05, 4.69) is 10.6 Å². The van der Waals surface area contributed by atoms with Gasteiger partial charge in [0.1, 0.15) is 5.70 Å². The minimum atomic E-state index is -0.526. The molecule has 0 aromatic heterocycles. The molecule has 252 valence electrons. The van der Waals surface area contributed by atoms with Gasteiger partial charge in [0.2, 0.25) is 5.91 Å². The molecule has 5 aromatic rings. The third-order valence-electron chi connectivity index (χ3n) is 7.95. The van der Waals surface area contributed by atoms with Crippen LogP contribution < -0.4 is 25.0 Å². The lowest BCUT2D eigenvalue weighted by Crippen LogP contribution is -2.35. The summed E-state index contributed by atoms with van der Waals surface area (Å²) in [7, 11) is 3.04. The number of ether oxygens (including phenoxy) is 2. The quantitative estimate of drug-likeness (QED) is 0.105. The number of nitrogens with zero attached hydrogens (tertiary/aromatic N) is 1. The second kappa shape index (κ2) is 15.8. The lowest BCUT2D eigenvalue weighted by atomic mass is 10.1. The summed E-state index contributed by atoms with van der Waals surface area (Å²) in [6.45, 7) is 2.01. The molecular formula is C40H35N3O5S2. The van der Waals surface area contributed by atoms with Crippen molar-refractivity contribution in [2.24, 2.45) is 0 Å². The lowest BCUT2D eigenvalue weighted by Gasteiger charge is -2.33. The molecule has 0 radical (unpaired) electrons. The number of carbonyl (C=O) groups excluding carboxylic acids is 3. The number of thioether (sulfide) groups is 1. The van der Waals surface area contributed by atoms with Gasteiger partial charge in [-0.05, 0) is 79.2 Å². The fourth-order valence-electron chi connectivity index (χ4n) is 5.50. The molecule has 1 atom stereocenters. The third-order valence-corrected chi connectivity index (χ3v) is 10.4. The number of hydrogen-bond donors (Lipinski definition) is 2. The molecule has 1 aliphatic rings. The van der Waals surface area contributed by atoms with Gasteiger partial charge in [-0.1, -0.05) is 73.3 Å². The molecule has 10 heteroatoms. The molecule has 50 heavy (non-hydrogen) atoms. The first-order valence-corrected chi connectivity index (χ1v) is 17.7. The molecule has 2 N–H and O–H groups in total. The summed E-state index contributed by atoms with van der Waals surface area (Å²) in [5, 5.41) is 5.31. The summed E-state index contributed by atoms with van der Waals surface area (Å²) in [6.07, 6.45) is 2.17. The van der Waals surface area contributed by atoms with Crippen molar-refractivity contribution < 1.29 is 23.9 Å². The average molecular weight is 702 g/mol. The van der Waals surface area contributed by atoms with Crippen LogP contribution in [0.15, 0.2) is 142 Å². The largest absolute Gasteiger partial charge is 0.493 e. The van der Waals surface area contributed by atoms with Gasteiger partial charge >= 0.3 is 0 Å². The van der Waals surface area contributed by atoms with Gasteiger partial charge in [-0.25, -0.2) is 0 Å². The molecule has 1 unspecified atom stereocenters. The Labute approximate surface area is 299 Å². The molecule has 0 saturated heterocycles. The van der Waals surface area contributed by atoms with Gasteiger partial charge in [0, 0.05) is 31.5 Å². The van der Waals surface area contributed by atoms with Gasteiger partial charge < -0.3 is 20.1 Å². The fraction of sp³-hybridized carbons (Fsp3) is 0.125. The monoisotopic (exact) mass is 701 g/mol. The maximum Gasteiger partial charge on any atom is 0.272 e. The molecule has 0 bridgehead atoms. The van der Waals surface area contributed by atoms with E-state index < -0.39 is 11.8 Å². The zero-order valence-corrected chi connectivity index (χ0v) is 29.3. The van der Waals surface area contributed by atoms with E-state index >= 15 is 0 Å². The van der Waals surface area contributed by atoms with Crippen LogP contribution in [0.3, 0.4) is 0 Å². The summed E-state index contributed by atoms with van der Waals surface area (Å²) >= 11 is 3.15. The molecule has 3 amide bonds. The third kappa shape index (κ3) is 7.56. The molecule has 0 fully saturated rings. The summed E-state index contributed by atoms with van der Waals surface area (Å²) in [5.74, 6) is -0.0484. The SMILES string of the molecule is CCC(Sc1ccc(NC(=O)/C(=C/c2cccc(OC)c2OC)NC(=O)c2ccccc2)cc1)C(=O)N1c2ccccc2Sc2ccccc21. The standard InChI is InChI=1S/C40H35N3O5S2/c1-4-34(40(46)43-31-16-8-10-19-35(31)50-36-20-11-9-17-32(36)43)49-29-23-21-28(22-24-29)41-39(45)30(42-38(44)26-13-6-5-7-14-26)25-27-15-12-18-33(47-2)37(27)48-3/h5-25,34H,4H2,1-3H3,(H,41,45)(H,42,44)/b30-25-. The van der Waals surface area contributed by atoms with Crippen LogP contribution in [-0.2, 0) is 9.59 Å². The molecule has 8 nitrogen and oxygen atoms in total. The van der Waals surface area contributed by atoms with Crippen molar-refractivity contribution in [2.45, 2.75) is 33.3 Å². The molecule has 0 saturated carbocycles. The molecule has 0 spiro atoms. The zero-order valence-electron chi connectivity index (χ0n) is 27.7. The van der Waals surface area contributed by atoms with Crippen molar-refractivity contribution in [1.29, 1.82) is 0 Å². The number of methoxy groups -OCH3 is 2. The van der Waals surface area contributed by atoms with Crippen LogP contribution in [0.1, 0.15) is 29.3 Å². The van der Waals surface area contributed by atoms with E-state index in [0.717, 1.165) is 26.1 Å². The van der Waals surface area contributed by atoms with Crippen LogP contribution in [0, 0.1) is 0 Å². The maximum atomic E-state index is 14.2. The van der Waals surface area contributed by atoms with E-state index in [4.69, 9.17) is 9.47 Å². The number of anilines is 3. The van der Waals surface area contributed by atoms with E-state index in [9.17, 15) is 14.4 Å². The first kappa shape index (κ1) is 34.4. The molecular weight excluding hydrogens is 667 g/mol. The summed E-state index contributed by atoms with van der Waals surface area (Å²) in [4.78, 5) is 45.8. The highest BCUT2D eigenvalue weighted by Crippen LogP contribution is 2.49. The average Bonchev–Trinajstić information content (AvgIpc) is 3.16. The van der Waals surface area contributed by atoms with Gasteiger partial charge in [0.15, 0.2) is 11.5 Å². The molecule has 5 aromatic carbocycles. The van der Waals surface area contributed by atoms with Crippen LogP contribution in [0.4, 0.5) is 17.1 Å². The van der Waals surface area contributed by atoms with Crippen LogP contribution in [0.5, 0.6) is 11.5 Å². The van der Waals surface area contributed by atoms with Gasteiger partial charge in [-0.2, -0.15) is 0 Å². The van der Waals surface area contributed by atoms with Crippen molar-refractivity contribution in [3.63, 3.8) is 0 Å². The lowest BCUT2D eigenvalue weighted by molar-refractivity contribution is -0.117. The van der Waals surface area contributed by atoms with Crippen LogP contribution in [-0.4, -0.2) is 37.2 Å². The van der Waals surface area contributed by atoms with E-state index in [-0.39, 0.29) is 16.9 Å². The highest BCUT2D eigenvalue weighted by molar-refractivity contribution is 8.00. The highest BCUT2D eigenvalue weighted by atomic mass is 32.2. The topological polar surface area (TPSA) is 97.0 Å². The number of carbonyl (C=O) groups is 3. The first-order chi connectivity index (χ1) is 24.4. The smallest absolute Gasteiger partial charge is 0.272 e. The zero-order chi connectivity index (χ0) is 35.0. The summed E-state index contributed by atoms with van der Waals surface area (Å²) in [6, 6.07) is 37.2. The Morgan fingerprint density at radius 1 is 0.780 bits per heavy atom. The Morgan fingerprint density at radius 3 is 2.04 bits per heavy atom. The first-order valence-electron chi connectivity index (χ1n) is 16.0. The predicted octanol–water partition coefficient (Wildman–Crippen LogP) is 8.81. The second-order valence-corrected chi connectivity index (χ2v) is 13.5. The van der Waals surface area contributed by atoms with Crippen molar-refractivity contribution >= 4 is 64.4 Å². The number of benzene rings is 5. The second-order valence-electron chi connectivity index (χ2n) is 11.2. The van der Waals surface area contributed by atoms with Gasteiger partial charge in [0.05, 0.1) is 30.8 Å². The van der Waals surface area contributed by atoms with Gasteiger partial charge in [-0.3, -0.25) is 19.3 Å². The van der Waals surface area contributed by atoms with Crippen LogP contribution in [0.2, 0.25) is 0 Å². The Kier molecular flexibility index (Phi) is 10.9. The van der Waals surface area contributed by atoms with Gasteiger partial charge in [0.25, 0.3) is 11.8 Å². The Morgan fingerprint density at radius 2 is 1.42 bits per heavy atom. The number of para-hydroxylation sites is 3. The molecule has 1 aliphatic heterocycles. The molecule has 6 rings (SSSR count). The minimum Gasteiger partial charge on any atom is -0.493 e. The predicted molar refractivity (Wildman–Crippen MR) is 201 cm³/mol. The van der Waals surface area contributed by atoms with E-state index in [0.29, 0.717) is 34.7 Å². The van der Waals surface area contributed by atoms with Crippen molar-refractivity contribution in [2.75, 3.05) is 24.4 Å². The Hall–Kier alpha value is -5.45. The summed E-state index contributed by atoms with van der Waals surface area (Å²) < 4.78 is 11.0. The normalized spacial score (nSPS) is 12.6. The Balaban J connectivity index is 1.21. The Bertz CT molecular complexity index is 2010. The fourth-order valence-corrected chi connectivity index (χ4v) is 7.55. The van der Waals surface area contributed by atoms with Crippen molar-refractivity contribution in [3.8, 4) is 11.5 Å². The van der Waals surface area contributed by atoms with E-state index in [1.807, 2.05) is 78.6 Å². The van der Waals surface area contributed by atoms with Crippen molar-refractivity contribution in [1.82, 2.24) is 5.32 Å². The van der Waals surface area contributed by atoms with Gasteiger partial charge in [-0.15, -0.1) is 11.8 Å². The van der Waals surface area contributed by atoms with Crippen molar-refractivity contribution in [3.05, 3.63) is 138 Å². The highest BCUT2D eigenvalue weighted by Gasteiger charge is 2.32. The number of nitrogens with one attached hydrogen (secondary N) is 2. The summed E-state index contributed by atoms with van der Waals surface area (Å²) in [5.41, 5.74) is 3.25. The molecule has 1 heterocycles. The number of amides is 3. The number of fused-ring (bicyclic) bond motifs is 2. The van der Waals surface area contributed by atoms with E-state index in [1.165, 1.54) is 26.0 Å². The maximum absolute atomic E-state index is 14.2. The van der Waals surface area contributed by atoms with Crippen LogP contribution >= 0.6 is 23.5 Å². The molecule has 0 aliphatic carbocycles. The van der Waals surface area contributed by atoms with Crippen LogP contribution in [0.25, 0.3) is 6.08 Å². The number of hydrogen-bond acceptors (Lipinski definition) is 7. The minimum absolute atomic E-state index is 0.00647. The van der Waals surface area contributed by atoms with E-state index in [1.54, 1.807) is 72.4 Å².